The number of carbonyl (C=O) groups excluding carboxylic acids is 2. The van der Waals surface area contributed by atoms with Crippen LogP contribution in [0.2, 0.25) is 0 Å². The summed E-state index contributed by atoms with van der Waals surface area (Å²) >= 11 is 0. The highest BCUT2D eigenvalue weighted by atomic mass is 16.5. The molecule has 1 amide bonds. The van der Waals surface area contributed by atoms with Crippen molar-refractivity contribution in [3.05, 3.63) is 22.5 Å². The Kier molecular flexibility index (Phi) is 5.73. The van der Waals surface area contributed by atoms with Crippen LogP contribution in [0.15, 0.2) is 0 Å². The first-order valence-electron chi connectivity index (χ1n) is 10.1. The summed E-state index contributed by atoms with van der Waals surface area (Å²) in [5.41, 5.74) is 2.63. The summed E-state index contributed by atoms with van der Waals surface area (Å²) in [4.78, 5) is 31.0. The predicted molar refractivity (Wildman–Crippen MR) is 101 cm³/mol. The lowest BCUT2D eigenvalue weighted by Crippen LogP contribution is -2.44. The molecule has 2 aliphatic rings. The molecule has 1 N–H and O–H groups in total. The Morgan fingerprint density at radius 1 is 1.08 bits per heavy atom. The van der Waals surface area contributed by atoms with E-state index < -0.39 is 0 Å². The van der Waals surface area contributed by atoms with E-state index in [4.69, 9.17) is 4.74 Å². The molecule has 0 spiro atoms. The summed E-state index contributed by atoms with van der Waals surface area (Å²) in [5.74, 6) is 0.512. The molecular formula is C21H32N2O3. The molecule has 0 unspecified atom stereocenters. The standard InChI is InChI=1S/C21H32N2O3/c1-5-14-7-9-15(10-8-14)23(16-11-12-16)20(24)19-13(3)18(21(25)26-4)17(6-2)22-19/h14-16,22H,5-12H2,1-4H3. The first kappa shape index (κ1) is 19.0. The second-order valence-electron chi connectivity index (χ2n) is 7.85. The van der Waals surface area contributed by atoms with Crippen molar-refractivity contribution in [1.29, 1.82) is 0 Å². The minimum Gasteiger partial charge on any atom is -0.465 e. The third-order valence-corrected chi connectivity index (χ3v) is 6.25. The molecule has 2 fully saturated rings. The summed E-state index contributed by atoms with van der Waals surface area (Å²) in [6.45, 7) is 6.10. The van der Waals surface area contributed by atoms with E-state index in [-0.39, 0.29) is 11.9 Å². The predicted octanol–water partition coefficient (Wildman–Crippen LogP) is 4.25. The van der Waals surface area contributed by atoms with E-state index in [0.717, 1.165) is 42.9 Å². The van der Waals surface area contributed by atoms with Crippen molar-refractivity contribution in [1.82, 2.24) is 9.88 Å². The van der Waals surface area contributed by atoms with Gasteiger partial charge in [0.05, 0.1) is 12.7 Å². The third-order valence-electron chi connectivity index (χ3n) is 6.25. The van der Waals surface area contributed by atoms with Gasteiger partial charge in [-0.3, -0.25) is 4.79 Å². The molecule has 0 atom stereocenters. The Morgan fingerprint density at radius 2 is 1.65 bits per heavy atom. The van der Waals surface area contributed by atoms with Crippen molar-refractivity contribution in [2.75, 3.05) is 7.11 Å². The lowest BCUT2D eigenvalue weighted by molar-refractivity contribution is 0.0580. The van der Waals surface area contributed by atoms with E-state index in [2.05, 4.69) is 16.8 Å². The molecule has 1 aromatic rings. The average Bonchev–Trinajstić information content (AvgIpc) is 3.43. The molecular weight excluding hydrogens is 328 g/mol. The molecule has 144 valence electrons. The zero-order valence-electron chi connectivity index (χ0n) is 16.6. The Morgan fingerprint density at radius 3 is 2.12 bits per heavy atom. The summed E-state index contributed by atoms with van der Waals surface area (Å²) in [6.07, 6.45) is 8.75. The van der Waals surface area contributed by atoms with Crippen molar-refractivity contribution in [3.8, 4) is 0 Å². The Hall–Kier alpha value is -1.78. The number of ether oxygens (including phenoxy) is 1. The fourth-order valence-corrected chi connectivity index (χ4v) is 4.46. The van der Waals surface area contributed by atoms with Gasteiger partial charge in [-0.1, -0.05) is 20.3 Å². The van der Waals surface area contributed by atoms with Crippen LogP contribution < -0.4 is 0 Å². The average molecular weight is 360 g/mol. The van der Waals surface area contributed by atoms with Gasteiger partial charge in [0.25, 0.3) is 5.91 Å². The summed E-state index contributed by atoms with van der Waals surface area (Å²) in [5, 5.41) is 0. The number of nitrogens with zero attached hydrogens (tertiary/aromatic N) is 1. The molecule has 0 saturated heterocycles. The third kappa shape index (κ3) is 3.53. The number of esters is 1. The van der Waals surface area contributed by atoms with Gasteiger partial charge in [0.2, 0.25) is 0 Å². The number of amides is 1. The largest absolute Gasteiger partial charge is 0.465 e. The zero-order valence-corrected chi connectivity index (χ0v) is 16.6. The molecule has 3 rings (SSSR count). The van der Waals surface area contributed by atoms with Crippen molar-refractivity contribution < 1.29 is 14.3 Å². The van der Waals surface area contributed by atoms with Crippen molar-refractivity contribution >= 4 is 11.9 Å². The highest BCUT2D eigenvalue weighted by Gasteiger charge is 2.40. The van der Waals surface area contributed by atoms with Crippen molar-refractivity contribution in [2.24, 2.45) is 5.92 Å². The Labute approximate surface area is 156 Å². The fourth-order valence-electron chi connectivity index (χ4n) is 4.46. The summed E-state index contributed by atoms with van der Waals surface area (Å²) < 4.78 is 4.93. The van der Waals surface area contributed by atoms with Crippen LogP contribution in [0.4, 0.5) is 0 Å². The topological polar surface area (TPSA) is 62.4 Å². The van der Waals surface area contributed by atoms with E-state index >= 15 is 0 Å². The lowest BCUT2D eigenvalue weighted by Gasteiger charge is -2.37. The maximum Gasteiger partial charge on any atom is 0.339 e. The number of hydrogen-bond donors (Lipinski definition) is 1. The van der Waals surface area contributed by atoms with Crippen LogP contribution >= 0.6 is 0 Å². The second kappa shape index (κ2) is 7.85. The normalized spacial score (nSPS) is 22.9. The van der Waals surface area contributed by atoms with Gasteiger partial charge < -0.3 is 14.6 Å². The van der Waals surface area contributed by atoms with Gasteiger partial charge in [-0.2, -0.15) is 0 Å². The van der Waals surface area contributed by atoms with Gasteiger partial charge in [-0.05, 0) is 63.4 Å². The Bertz CT molecular complexity index is 667. The SMILES string of the molecule is CCc1[nH]c(C(=O)N(C2CCC(CC)CC2)C2CC2)c(C)c1C(=O)OC. The van der Waals surface area contributed by atoms with Crippen LogP contribution in [0.5, 0.6) is 0 Å². The minimum absolute atomic E-state index is 0.0646. The van der Waals surface area contributed by atoms with Gasteiger partial charge >= 0.3 is 5.97 Å². The first-order valence-corrected chi connectivity index (χ1v) is 10.1. The minimum atomic E-state index is -0.365. The molecule has 5 nitrogen and oxygen atoms in total. The van der Waals surface area contributed by atoms with E-state index in [1.54, 1.807) is 0 Å². The number of carbonyl (C=O) groups is 2. The van der Waals surface area contributed by atoms with Crippen molar-refractivity contribution in [2.45, 2.75) is 84.2 Å². The molecule has 2 saturated carbocycles. The Balaban J connectivity index is 1.86. The number of methoxy groups -OCH3 is 1. The number of hydrogen-bond acceptors (Lipinski definition) is 3. The molecule has 2 aliphatic carbocycles. The van der Waals surface area contributed by atoms with E-state index in [1.165, 1.54) is 26.4 Å². The van der Waals surface area contributed by atoms with Crippen molar-refractivity contribution in [3.63, 3.8) is 0 Å². The number of H-pyrrole nitrogens is 1. The number of rotatable bonds is 6. The van der Waals surface area contributed by atoms with E-state index in [0.29, 0.717) is 29.8 Å². The van der Waals surface area contributed by atoms with Gasteiger partial charge in [-0.25, -0.2) is 4.79 Å². The maximum atomic E-state index is 13.4. The van der Waals surface area contributed by atoms with Gasteiger partial charge in [0.1, 0.15) is 5.69 Å². The van der Waals surface area contributed by atoms with Crippen LogP contribution in [0.1, 0.15) is 90.9 Å². The molecule has 5 heteroatoms. The zero-order chi connectivity index (χ0) is 18.8. The highest BCUT2D eigenvalue weighted by molar-refractivity contribution is 6.00. The monoisotopic (exact) mass is 360 g/mol. The molecule has 0 bridgehead atoms. The molecule has 0 aromatic carbocycles. The maximum absolute atomic E-state index is 13.4. The van der Waals surface area contributed by atoms with Crippen LogP contribution in [0.25, 0.3) is 0 Å². The number of nitrogens with one attached hydrogen (secondary N) is 1. The molecule has 26 heavy (non-hydrogen) atoms. The number of aromatic amines is 1. The van der Waals surface area contributed by atoms with E-state index in [9.17, 15) is 9.59 Å². The van der Waals surface area contributed by atoms with Gasteiger partial charge in [0, 0.05) is 17.8 Å². The number of aromatic nitrogens is 1. The lowest BCUT2D eigenvalue weighted by atomic mass is 9.83. The van der Waals surface area contributed by atoms with Crippen LogP contribution in [-0.4, -0.2) is 41.0 Å². The summed E-state index contributed by atoms with van der Waals surface area (Å²) in [6, 6.07) is 0.715. The smallest absolute Gasteiger partial charge is 0.339 e. The quantitative estimate of drug-likeness (QED) is 0.772. The number of aryl methyl sites for hydroxylation is 1. The van der Waals surface area contributed by atoms with Gasteiger partial charge in [-0.15, -0.1) is 0 Å². The van der Waals surface area contributed by atoms with Gasteiger partial charge in [0.15, 0.2) is 0 Å². The van der Waals surface area contributed by atoms with Crippen LogP contribution in [0.3, 0.4) is 0 Å². The van der Waals surface area contributed by atoms with Crippen LogP contribution in [0, 0.1) is 12.8 Å². The molecule has 0 radical (unpaired) electrons. The molecule has 1 aromatic heterocycles. The van der Waals surface area contributed by atoms with E-state index in [1.807, 2.05) is 13.8 Å². The second-order valence-corrected chi connectivity index (χ2v) is 7.85. The fraction of sp³-hybridized carbons (Fsp3) is 0.714. The summed E-state index contributed by atoms with van der Waals surface area (Å²) in [7, 11) is 1.39. The molecule has 1 heterocycles. The van der Waals surface area contributed by atoms with Crippen LogP contribution in [-0.2, 0) is 11.2 Å². The molecule has 0 aliphatic heterocycles. The first-order chi connectivity index (χ1) is 12.5. The highest BCUT2D eigenvalue weighted by Crippen LogP contribution is 2.37.